The lowest BCUT2D eigenvalue weighted by atomic mass is 10.0. The van der Waals surface area contributed by atoms with Crippen LogP contribution in [0.3, 0.4) is 0 Å². The highest BCUT2D eigenvalue weighted by molar-refractivity contribution is 5.92. The lowest BCUT2D eigenvalue weighted by Gasteiger charge is -2.19. The Morgan fingerprint density at radius 3 is 2.59 bits per heavy atom. The van der Waals surface area contributed by atoms with Gasteiger partial charge in [-0.15, -0.1) is 0 Å². The van der Waals surface area contributed by atoms with Crippen molar-refractivity contribution in [3.8, 4) is 0 Å². The topological polar surface area (TPSA) is 31.2 Å². The average Bonchev–Trinajstić information content (AvgIpc) is 2.75. The molecule has 1 heterocycles. The van der Waals surface area contributed by atoms with Gasteiger partial charge in [0.2, 0.25) is 0 Å². The first-order chi connectivity index (χ1) is 10.3. The van der Waals surface area contributed by atoms with Gasteiger partial charge in [0.15, 0.2) is 0 Å². The molecule has 0 atom stereocenters. The lowest BCUT2D eigenvalue weighted by molar-refractivity contribution is 0.0544. The molecule has 1 aromatic carbocycles. The first-order valence-corrected chi connectivity index (χ1v) is 8.16. The number of carbonyl (C=O) groups is 1. The van der Waals surface area contributed by atoms with Gasteiger partial charge in [-0.3, -0.25) is 4.57 Å². The van der Waals surface area contributed by atoms with Crippen molar-refractivity contribution in [2.45, 2.75) is 65.9 Å². The second-order valence-corrected chi connectivity index (χ2v) is 6.98. The third kappa shape index (κ3) is 3.90. The second kappa shape index (κ2) is 6.55. The first-order valence-electron chi connectivity index (χ1n) is 8.16. The van der Waals surface area contributed by atoms with Crippen molar-refractivity contribution in [1.29, 1.82) is 0 Å². The lowest BCUT2D eigenvalue weighted by Crippen LogP contribution is -2.26. The van der Waals surface area contributed by atoms with Crippen LogP contribution in [0.4, 0.5) is 4.79 Å². The number of fused-ring (bicyclic) bond motifs is 1. The Balaban J connectivity index is 2.40. The van der Waals surface area contributed by atoms with Crippen molar-refractivity contribution >= 4 is 17.0 Å². The predicted molar refractivity (Wildman–Crippen MR) is 91.5 cm³/mol. The van der Waals surface area contributed by atoms with Gasteiger partial charge in [-0.25, -0.2) is 4.79 Å². The molecule has 0 spiro atoms. The SMILES string of the molecule is CCCCCc1cn(C(=O)OC(C)(C)C)c2ccc(C)cc12. The van der Waals surface area contributed by atoms with E-state index in [1.165, 1.54) is 29.4 Å². The van der Waals surface area contributed by atoms with Crippen molar-refractivity contribution in [3.63, 3.8) is 0 Å². The largest absolute Gasteiger partial charge is 0.443 e. The number of benzene rings is 1. The number of ether oxygens (including phenoxy) is 1. The van der Waals surface area contributed by atoms with Gasteiger partial charge >= 0.3 is 6.09 Å². The summed E-state index contributed by atoms with van der Waals surface area (Å²) in [5.41, 5.74) is 2.90. The van der Waals surface area contributed by atoms with Crippen LogP contribution in [0.2, 0.25) is 0 Å². The van der Waals surface area contributed by atoms with Gasteiger partial charge in [0.1, 0.15) is 5.60 Å². The fourth-order valence-electron chi connectivity index (χ4n) is 2.64. The Morgan fingerprint density at radius 2 is 1.95 bits per heavy atom. The van der Waals surface area contributed by atoms with Gasteiger partial charge in [0.05, 0.1) is 5.52 Å². The molecule has 0 aliphatic heterocycles. The second-order valence-electron chi connectivity index (χ2n) is 6.98. The van der Waals surface area contributed by atoms with E-state index in [2.05, 4.69) is 19.9 Å². The third-order valence-electron chi connectivity index (χ3n) is 3.68. The molecular formula is C19H27NO2. The van der Waals surface area contributed by atoms with Crippen LogP contribution in [0.25, 0.3) is 10.9 Å². The number of hydrogen-bond donors (Lipinski definition) is 0. The highest BCUT2D eigenvalue weighted by Crippen LogP contribution is 2.25. The molecule has 0 unspecified atom stereocenters. The Labute approximate surface area is 133 Å². The molecule has 0 fully saturated rings. The summed E-state index contributed by atoms with van der Waals surface area (Å²) in [6, 6.07) is 6.22. The Morgan fingerprint density at radius 1 is 1.23 bits per heavy atom. The quantitative estimate of drug-likeness (QED) is 0.702. The number of carbonyl (C=O) groups excluding carboxylic acids is 1. The molecule has 0 saturated carbocycles. The van der Waals surface area contributed by atoms with Crippen LogP contribution in [0.15, 0.2) is 24.4 Å². The number of nitrogens with zero attached hydrogens (tertiary/aromatic N) is 1. The van der Waals surface area contributed by atoms with Gasteiger partial charge in [-0.2, -0.15) is 0 Å². The summed E-state index contributed by atoms with van der Waals surface area (Å²) in [6.07, 6.45) is 6.22. The van der Waals surface area contributed by atoms with E-state index in [4.69, 9.17) is 4.74 Å². The van der Waals surface area contributed by atoms with E-state index in [9.17, 15) is 4.79 Å². The maximum Gasteiger partial charge on any atom is 0.419 e. The first kappa shape index (κ1) is 16.6. The standard InChI is InChI=1S/C19H27NO2/c1-6-7-8-9-15-13-20(18(21)22-19(3,4)5)17-11-10-14(2)12-16(15)17/h10-13H,6-9H2,1-5H3. The van der Waals surface area contributed by atoms with Crippen molar-refractivity contribution in [3.05, 3.63) is 35.5 Å². The summed E-state index contributed by atoms with van der Waals surface area (Å²) in [4.78, 5) is 12.4. The zero-order chi connectivity index (χ0) is 16.3. The summed E-state index contributed by atoms with van der Waals surface area (Å²) in [5.74, 6) is 0. The zero-order valence-corrected chi connectivity index (χ0v) is 14.4. The molecule has 0 N–H and O–H groups in total. The van der Waals surface area contributed by atoms with Gasteiger partial charge in [0.25, 0.3) is 0 Å². The maximum absolute atomic E-state index is 12.4. The molecular weight excluding hydrogens is 274 g/mol. The average molecular weight is 301 g/mol. The van der Waals surface area contributed by atoms with E-state index in [1.54, 1.807) is 4.57 Å². The van der Waals surface area contributed by atoms with Crippen LogP contribution in [-0.2, 0) is 11.2 Å². The normalized spacial score (nSPS) is 11.9. The summed E-state index contributed by atoms with van der Waals surface area (Å²) >= 11 is 0. The summed E-state index contributed by atoms with van der Waals surface area (Å²) in [7, 11) is 0. The molecule has 2 aromatic rings. The van der Waals surface area contributed by atoms with Gasteiger partial charge in [-0.1, -0.05) is 31.4 Å². The molecule has 0 aliphatic carbocycles. The smallest absolute Gasteiger partial charge is 0.419 e. The Kier molecular flexibility index (Phi) is 4.94. The summed E-state index contributed by atoms with van der Waals surface area (Å²) in [5, 5.41) is 1.17. The van der Waals surface area contributed by atoms with Crippen LogP contribution < -0.4 is 0 Å². The molecule has 3 heteroatoms. The number of rotatable bonds is 4. The van der Waals surface area contributed by atoms with Crippen LogP contribution in [0.5, 0.6) is 0 Å². The molecule has 0 aliphatic rings. The van der Waals surface area contributed by atoms with Crippen molar-refractivity contribution in [2.24, 2.45) is 0 Å². The minimum Gasteiger partial charge on any atom is -0.443 e. The highest BCUT2D eigenvalue weighted by Gasteiger charge is 2.20. The number of aryl methyl sites for hydroxylation is 2. The summed E-state index contributed by atoms with van der Waals surface area (Å²) < 4.78 is 7.18. The van der Waals surface area contributed by atoms with E-state index in [1.807, 2.05) is 39.1 Å². The van der Waals surface area contributed by atoms with E-state index in [0.29, 0.717) is 0 Å². The molecule has 2 rings (SSSR count). The minimum atomic E-state index is -0.485. The highest BCUT2D eigenvalue weighted by atomic mass is 16.6. The van der Waals surface area contributed by atoms with Gasteiger partial charge in [-0.05, 0) is 58.2 Å². The third-order valence-corrected chi connectivity index (χ3v) is 3.68. The summed E-state index contributed by atoms with van der Waals surface area (Å²) in [6.45, 7) is 9.96. The van der Waals surface area contributed by atoms with Crippen LogP contribution in [-0.4, -0.2) is 16.3 Å². The molecule has 0 bridgehead atoms. The van der Waals surface area contributed by atoms with Crippen molar-refractivity contribution in [1.82, 2.24) is 4.57 Å². The van der Waals surface area contributed by atoms with Gasteiger partial charge in [0, 0.05) is 11.6 Å². The van der Waals surface area contributed by atoms with Crippen LogP contribution in [0, 0.1) is 6.92 Å². The number of unbranched alkanes of at least 4 members (excludes halogenated alkanes) is 2. The number of aromatic nitrogens is 1. The van der Waals surface area contributed by atoms with Crippen molar-refractivity contribution in [2.75, 3.05) is 0 Å². The fourth-order valence-corrected chi connectivity index (χ4v) is 2.64. The van der Waals surface area contributed by atoms with Gasteiger partial charge < -0.3 is 4.74 Å². The molecule has 3 nitrogen and oxygen atoms in total. The Bertz CT molecular complexity index is 662. The molecule has 120 valence electrons. The molecule has 22 heavy (non-hydrogen) atoms. The zero-order valence-electron chi connectivity index (χ0n) is 14.4. The Hall–Kier alpha value is -1.77. The molecule has 1 aromatic heterocycles. The monoisotopic (exact) mass is 301 g/mol. The van der Waals surface area contributed by atoms with E-state index >= 15 is 0 Å². The van der Waals surface area contributed by atoms with E-state index in [0.717, 1.165) is 18.4 Å². The van der Waals surface area contributed by atoms with E-state index in [-0.39, 0.29) is 6.09 Å². The van der Waals surface area contributed by atoms with E-state index < -0.39 is 5.60 Å². The van der Waals surface area contributed by atoms with Crippen molar-refractivity contribution < 1.29 is 9.53 Å². The maximum atomic E-state index is 12.4. The van der Waals surface area contributed by atoms with Crippen LogP contribution in [0.1, 0.15) is 58.1 Å². The minimum absolute atomic E-state index is 0.303. The molecule has 0 radical (unpaired) electrons. The molecule has 0 amide bonds. The molecule has 0 saturated heterocycles. The predicted octanol–water partition coefficient (Wildman–Crippen LogP) is 5.47. The van der Waals surface area contributed by atoms with Crippen LogP contribution >= 0.6 is 0 Å². The fraction of sp³-hybridized carbons (Fsp3) is 0.526. The number of hydrogen-bond acceptors (Lipinski definition) is 2.